The first-order chi connectivity index (χ1) is 25.8. The highest BCUT2D eigenvalue weighted by Gasteiger charge is 2.41. The Bertz CT molecular complexity index is 1680. The number of likely N-dealkylation sites (N-methyl/N-ethyl adjacent to an activating group) is 1. The number of aliphatic hydroxyl groups excluding tert-OH is 1. The van der Waals surface area contributed by atoms with E-state index in [4.69, 9.17) is 0 Å². The van der Waals surface area contributed by atoms with E-state index in [0.717, 1.165) is 27.4 Å². The van der Waals surface area contributed by atoms with E-state index in [1.165, 1.54) is 7.05 Å². The molecule has 0 spiro atoms. The zero-order chi connectivity index (χ0) is 39.4. The number of hydrogen-bond acceptors (Lipinski definition) is 6. The van der Waals surface area contributed by atoms with Gasteiger partial charge in [-0.15, -0.1) is 0 Å². The summed E-state index contributed by atoms with van der Waals surface area (Å²) in [5.41, 5.74) is 3.49. The molecule has 0 bridgehead atoms. The summed E-state index contributed by atoms with van der Waals surface area (Å²) in [7, 11) is 1.38. The van der Waals surface area contributed by atoms with Crippen LogP contribution in [0.3, 0.4) is 0 Å². The Kier molecular flexibility index (Phi) is 15.4. The van der Waals surface area contributed by atoms with Crippen molar-refractivity contribution in [3.63, 3.8) is 0 Å². The molecule has 1 saturated heterocycles. The normalized spacial score (nSPS) is 16.8. The van der Waals surface area contributed by atoms with Crippen LogP contribution in [0, 0.1) is 18.8 Å². The van der Waals surface area contributed by atoms with Gasteiger partial charge in [-0.2, -0.15) is 0 Å². The summed E-state index contributed by atoms with van der Waals surface area (Å²) in [6.45, 7) is 10.8. The van der Waals surface area contributed by atoms with Crippen molar-refractivity contribution >= 4 is 23.9 Å². The molecule has 0 aliphatic carbocycles. The van der Waals surface area contributed by atoms with Crippen LogP contribution in [0.1, 0.15) is 69.5 Å². The van der Waals surface area contributed by atoms with E-state index >= 15 is 0 Å². The van der Waals surface area contributed by atoms with Crippen LogP contribution in [0.15, 0.2) is 78.9 Å². The summed E-state index contributed by atoms with van der Waals surface area (Å²) < 4.78 is 0. The third-order valence-corrected chi connectivity index (χ3v) is 10.7. The number of pyridine rings is 1. The number of nitrogens with one attached hydrogen (secondary N) is 2. The lowest BCUT2D eigenvalue weighted by Crippen LogP contribution is -2.57. The fourth-order valence-electron chi connectivity index (χ4n) is 7.23. The molecule has 2 aromatic carbocycles. The molecule has 4 N–H and O–H groups in total. The van der Waals surface area contributed by atoms with Crippen LogP contribution in [0.25, 0.3) is 0 Å². The number of urea groups is 1. The number of hydrogen-bond donors (Lipinski definition) is 4. The van der Waals surface area contributed by atoms with Crippen LogP contribution < -0.4 is 10.6 Å². The minimum atomic E-state index is -1.22. The van der Waals surface area contributed by atoms with Gasteiger partial charge in [-0.1, -0.05) is 107 Å². The van der Waals surface area contributed by atoms with E-state index in [9.17, 15) is 29.4 Å². The second-order valence-electron chi connectivity index (χ2n) is 14.7. The van der Waals surface area contributed by atoms with E-state index in [2.05, 4.69) is 15.6 Å². The number of amides is 5. The average Bonchev–Trinajstić information content (AvgIpc) is 3.50. The van der Waals surface area contributed by atoms with Gasteiger partial charge in [0.05, 0.1) is 24.4 Å². The summed E-state index contributed by atoms with van der Waals surface area (Å²) in [5.74, 6) is -1.22. The summed E-state index contributed by atoms with van der Waals surface area (Å²) in [6.07, 6.45) is -0.322. The van der Waals surface area contributed by atoms with Crippen molar-refractivity contribution in [2.24, 2.45) is 11.8 Å². The van der Waals surface area contributed by atoms with Crippen LogP contribution in [0.2, 0.25) is 0 Å². The van der Waals surface area contributed by atoms with Gasteiger partial charge >= 0.3 is 12.1 Å². The van der Waals surface area contributed by atoms with Crippen LogP contribution in [0.4, 0.5) is 9.59 Å². The summed E-state index contributed by atoms with van der Waals surface area (Å²) in [4.78, 5) is 63.0. The van der Waals surface area contributed by atoms with Crippen molar-refractivity contribution in [1.29, 1.82) is 0 Å². The summed E-state index contributed by atoms with van der Waals surface area (Å²) >= 11 is 0. The van der Waals surface area contributed by atoms with Crippen molar-refractivity contribution in [1.82, 2.24) is 30.3 Å². The number of nitrogens with zero attached hydrogens (tertiary/aromatic N) is 4. The number of carbonyl (C=O) groups excluding carboxylic acids is 3. The van der Waals surface area contributed by atoms with Crippen molar-refractivity contribution in [2.45, 2.75) is 104 Å². The third-order valence-electron chi connectivity index (χ3n) is 10.7. The first kappa shape index (κ1) is 41.8. The maximum Gasteiger partial charge on any atom is 0.407 e. The zero-order valence-corrected chi connectivity index (χ0v) is 32.5. The molecule has 292 valence electrons. The first-order valence-electron chi connectivity index (χ1n) is 19.1. The Balaban J connectivity index is 1.59. The minimum absolute atomic E-state index is 0.0908. The van der Waals surface area contributed by atoms with Gasteiger partial charge < -0.3 is 30.6 Å². The summed E-state index contributed by atoms with van der Waals surface area (Å²) in [6, 6.07) is 21.6. The highest BCUT2D eigenvalue weighted by molar-refractivity contribution is 5.88. The molecule has 12 nitrogen and oxygen atoms in total. The van der Waals surface area contributed by atoms with Gasteiger partial charge in [0, 0.05) is 31.9 Å². The van der Waals surface area contributed by atoms with E-state index in [0.29, 0.717) is 38.9 Å². The van der Waals surface area contributed by atoms with Gasteiger partial charge in [0.1, 0.15) is 12.1 Å². The molecule has 12 heteroatoms. The fourth-order valence-corrected chi connectivity index (χ4v) is 7.23. The van der Waals surface area contributed by atoms with Gasteiger partial charge in [-0.25, -0.2) is 9.59 Å². The lowest BCUT2D eigenvalue weighted by Gasteiger charge is -2.35. The number of aryl methyl sites for hydroxylation is 1. The minimum Gasteiger partial charge on any atom is -0.465 e. The van der Waals surface area contributed by atoms with Crippen molar-refractivity contribution < 1.29 is 29.4 Å². The molecule has 54 heavy (non-hydrogen) atoms. The van der Waals surface area contributed by atoms with E-state index in [1.807, 2.05) is 113 Å². The molecule has 2 heterocycles. The topological polar surface area (TPSA) is 155 Å². The van der Waals surface area contributed by atoms with Gasteiger partial charge in [-0.3, -0.25) is 19.5 Å². The molecular formula is C42H58N6O6. The Morgan fingerprint density at radius 2 is 1.44 bits per heavy atom. The van der Waals surface area contributed by atoms with E-state index in [-0.39, 0.29) is 36.6 Å². The molecule has 4 rings (SSSR count). The Morgan fingerprint density at radius 1 is 0.833 bits per heavy atom. The largest absolute Gasteiger partial charge is 0.465 e. The highest BCUT2D eigenvalue weighted by atomic mass is 16.4. The molecule has 1 aliphatic heterocycles. The number of carboxylic acid groups (broad SMARTS) is 1. The zero-order valence-electron chi connectivity index (χ0n) is 32.5. The molecule has 7 atom stereocenters. The molecule has 0 radical (unpaired) electrons. The second-order valence-corrected chi connectivity index (χ2v) is 14.7. The lowest BCUT2D eigenvalue weighted by molar-refractivity contribution is -0.130. The number of aromatic nitrogens is 1. The number of aliphatic hydroxyl groups is 1. The highest BCUT2D eigenvalue weighted by Crippen LogP contribution is 2.24. The van der Waals surface area contributed by atoms with Crippen molar-refractivity contribution in [3.05, 3.63) is 101 Å². The third kappa shape index (κ3) is 11.3. The molecule has 3 aromatic rings. The van der Waals surface area contributed by atoms with Gasteiger partial charge in [0.25, 0.3) is 0 Å². The Morgan fingerprint density at radius 3 is 2.02 bits per heavy atom. The number of benzene rings is 2. The standard InChI is InChI=1S/C42H58N6O6/c1-7-28(3)37(46(6)42(53)54)39(50)45-35(25-32-19-13-10-14-20-32)36(49)26-34(24-31-17-11-9-12-18-31)44-40(51)38(29(4)8-2)48-23-22-47(41(48)52)27-33-21-15-16-30(5)43-33/h9-21,28-29,34-38,49H,7-8,22-27H2,1-6H3,(H,44,51)(H,45,50)(H,53,54)/t28?,29?,34-,35-,36+,37-,38-/m0/s1. The predicted molar refractivity (Wildman–Crippen MR) is 209 cm³/mol. The van der Waals surface area contributed by atoms with E-state index in [1.54, 1.807) is 9.80 Å². The Hall–Kier alpha value is -4.97. The smallest absolute Gasteiger partial charge is 0.407 e. The van der Waals surface area contributed by atoms with Crippen molar-refractivity contribution in [2.75, 3.05) is 20.1 Å². The fraction of sp³-hybridized carbons (Fsp3) is 0.500. The maximum absolute atomic E-state index is 14.4. The molecule has 2 unspecified atom stereocenters. The average molecular weight is 743 g/mol. The van der Waals surface area contributed by atoms with Crippen LogP contribution >= 0.6 is 0 Å². The second kappa shape index (κ2) is 19.9. The SMILES string of the molecule is CCC(C)[C@@H](C(=O)N[C@@H](Cc1ccccc1)[C@H](O)C[C@H](Cc1ccccc1)NC(=O)[C@H](C(C)CC)N1CCN(Cc2cccc(C)n2)C1=O)N(C)C(=O)O. The van der Waals surface area contributed by atoms with Gasteiger partial charge in [-0.05, 0) is 61.3 Å². The first-order valence-corrected chi connectivity index (χ1v) is 19.1. The van der Waals surface area contributed by atoms with Gasteiger partial charge in [0.15, 0.2) is 0 Å². The van der Waals surface area contributed by atoms with Crippen LogP contribution in [-0.4, -0.2) is 104 Å². The molecule has 1 aromatic heterocycles. The molecule has 1 aliphatic rings. The Labute approximate surface area is 319 Å². The quantitative estimate of drug-likeness (QED) is 0.130. The lowest BCUT2D eigenvalue weighted by atomic mass is 9.91. The van der Waals surface area contributed by atoms with Gasteiger partial charge in [0.2, 0.25) is 11.8 Å². The molecule has 1 fully saturated rings. The molecular weight excluding hydrogens is 684 g/mol. The van der Waals surface area contributed by atoms with Crippen LogP contribution in [-0.2, 0) is 29.0 Å². The molecule has 5 amide bonds. The van der Waals surface area contributed by atoms with E-state index < -0.39 is 42.3 Å². The van der Waals surface area contributed by atoms with Crippen molar-refractivity contribution in [3.8, 4) is 0 Å². The van der Waals surface area contributed by atoms with Crippen LogP contribution in [0.5, 0.6) is 0 Å². The molecule has 0 saturated carbocycles. The summed E-state index contributed by atoms with van der Waals surface area (Å²) in [5, 5.41) is 28.0. The maximum atomic E-state index is 14.4. The number of rotatable bonds is 19. The number of carbonyl (C=O) groups is 4. The predicted octanol–water partition coefficient (Wildman–Crippen LogP) is 5.27. The monoisotopic (exact) mass is 742 g/mol.